The minimum atomic E-state index is -1.06. The smallest absolute Gasteiger partial charge is 0.337 e. The number of aromatic carboxylic acids is 1. The highest BCUT2D eigenvalue weighted by Crippen LogP contribution is 2.20. The molecule has 1 saturated heterocycles. The Balaban J connectivity index is 2.06. The zero-order valence-electron chi connectivity index (χ0n) is 11.5. The van der Waals surface area contributed by atoms with E-state index in [1.807, 2.05) is 4.90 Å². The molecule has 20 heavy (non-hydrogen) atoms. The maximum atomic E-state index is 12.3. The standard InChI is InChI=1S/C14H19N3O3/c1-2-12-5-3-4-6-17(12)14(20)16-11-7-10(13(18)19)8-15-9-11/h7-9,12H,2-6H2,1H3,(H,16,20)(H,18,19). The number of amides is 2. The van der Waals surface area contributed by atoms with Crippen molar-refractivity contribution in [3.8, 4) is 0 Å². The summed E-state index contributed by atoms with van der Waals surface area (Å²) in [6, 6.07) is 1.50. The summed E-state index contributed by atoms with van der Waals surface area (Å²) in [6.07, 6.45) is 6.83. The predicted octanol–water partition coefficient (Wildman–Crippen LogP) is 2.58. The van der Waals surface area contributed by atoms with Crippen LogP contribution in [0.3, 0.4) is 0 Å². The molecule has 2 amide bonds. The normalized spacial score (nSPS) is 18.6. The minimum Gasteiger partial charge on any atom is -0.478 e. The van der Waals surface area contributed by atoms with E-state index in [1.165, 1.54) is 18.5 Å². The number of carboxylic acid groups (broad SMARTS) is 1. The molecule has 0 aromatic carbocycles. The van der Waals surface area contributed by atoms with Crippen LogP contribution in [-0.4, -0.2) is 39.6 Å². The molecule has 6 heteroatoms. The highest BCUT2D eigenvalue weighted by molar-refractivity contribution is 5.92. The lowest BCUT2D eigenvalue weighted by Crippen LogP contribution is -2.45. The molecule has 1 atom stereocenters. The summed E-state index contributed by atoms with van der Waals surface area (Å²) >= 11 is 0. The quantitative estimate of drug-likeness (QED) is 0.889. The maximum absolute atomic E-state index is 12.3. The van der Waals surface area contributed by atoms with Crippen molar-refractivity contribution in [3.05, 3.63) is 24.0 Å². The lowest BCUT2D eigenvalue weighted by molar-refractivity contribution is 0.0696. The van der Waals surface area contributed by atoms with Crippen LogP contribution in [0.2, 0.25) is 0 Å². The summed E-state index contributed by atoms with van der Waals surface area (Å²) in [5.74, 6) is -1.06. The van der Waals surface area contributed by atoms with Crippen LogP contribution in [-0.2, 0) is 0 Å². The fourth-order valence-corrected chi connectivity index (χ4v) is 2.51. The number of piperidine rings is 1. The molecule has 0 saturated carbocycles. The SMILES string of the molecule is CCC1CCCCN1C(=O)Nc1cncc(C(=O)O)c1. The van der Waals surface area contributed by atoms with Crippen LogP contribution in [0, 0.1) is 0 Å². The molecule has 108 valence electrons. The number of carbonyl (C=O) groups excluding carboxylic acids is 1. The number of aromatic nitrogens is 1. The van der Waals surface area contributed by atoms with E-state index in [-0.39, 0.29) is 17.6 Å². The first kappa shape index (κ1) is 14.3. The second kappa shape index (κ2) is 6.36. The fourth-order valence-electron chi connectivity index (χ4n) is 2.51. The molecule has 0 aliphatic carbocycles. The number of anilines is 1. The van der Waals surface area contributed by atoms with Gasteiger partial charge in [-0.05, 0) is 31.7 Å². The zero-order chi connectivity index (χ0) is 14.5. The van der Waals surface area contributed by atoms with E-state index in [9.17, 15) is 9.59 Å². The van der Waals surface area contributed by atoms with E-state index >= 15 is 0 Å². The van der Waals surface area contributed by atoms with Crippen LogP contribution in [0.25, 0.3) is 0 Å². The zero-order valence-corrected chi connectivity index (χ0v) is 11.5. The van der Waals surface area contributed by atoms with Gasteiger partial charge in [0.25, 0.3) is 0 Å². The lowest BCUT2D eigenvalue weighted by Gasteiger charge is -2.35. The Morgan fingerprint density at radius 3 is 2.95 bits per heavy atom. The van der Waals surface area contributed by atoms with Gasteiger partial charge in [-0.15, -0.1) is 0 Å². The number of urea groups is 1. The summed E-state index contributed by atoms with van der Waals surface area (Å²) in [4.78, 5) is 28.8. The molecule has 0 bridgehead atoms. The number of rotatable bonds is 3. The number of nitrogens with one attached hydrogen (secondary N) is 1. The number of likely N-dealkylation sites (tertiary alicyclic amines) is 1. The molecule has 1 fully saturated rings. The number of hydrogen-bond acceptors (Lipinski definition) is 3. The van der Waals surface area contributed by atoms with Gasteiger partial charge in [0.15, 0.2) is 0 Å². The molecular weight excluding hydrogens is 258 g/mol. The largest absolute Gasteiger partial charge is 0.478 e. The number of nitrogens with zero attached hydrogens (tertiary/aromatic N) is 2. The van der Waals surface area contributed by atoms with Gasteiger partial charge in [0.2, 0.25) is 0 Å². The third kappa shape index (κ3) is 3.26. The number of hydrogen-bond donors (Lipinski definition) is 2. The van der Waals surface area contributed by atoms with Crippen molar-refractivity contribution in [1.82, 2.24) is 9.88 Å². The maximum Gasteiger partial charge on any atom is 0.337 e. The van der Waals surface area contributed by atoms with Crippen molar-refractivity contribution >= 4 is 17.7 Å². The average Bonchev–Trinajstić information content (AvgIpc) is 2.47. The number of pyridine rings is 1. The Morgan fingerprint density at radius 2 is 2.25 bits per heavy atom. The van der Waals surface area contributed by atoms with Gasteiger partial charge in [-0.25, -0.2) is 9.59 Å². The summed E-state index contributed by atoms with van der Waals surface area (Å²) in [5.41, 5.74) is 0.476. The third-order valence-corrected chi connectivity index (χ3v) is 3.60. The number of carbonyl (C=O) groups is 2. The van der Waals surface area contributed by atoms with Crippen molar-refractivity contribution in [3.63, 3.8) is 0 Å². The van der Waals surface area contributed by atoms with Gasteiger partial charge in [-0.2, -0.15) is 0 Å². The average molecular weight is 277 g/mol. The van der Waals surface area contributed by atoms with Crippen LogP contribution in [0.4, 0.5) is 10.5 Å². The summed E-state index contributed by atoms with van der Waals surface area (Å²) < 4.78 is 0. The van der Waals surface area contributed by atoms with Gasteiger partial charge in [-0.1, -0.05) is 6.92 Å². The van der Waals surface area contributed by atoms with E-state index < -0.39 is 5.97 Å². The molecule has 2 N–H and O–H groups in total. The van der Waals surface area contributed by atoms with Crippen LogP contribution in [0.15, 0.2) is 18.5 Å². The second-order valence-corrected chi connectivity index (χ2v) is 4.95. The fraction of sp³-hybridized carbons (Fsp3) is 0.500. The van der Waals surface area contributed by atoms with Crippen LogP contribution in [0.5, 0.6) is 0 Å². The summed E-state index contributed by atoms with van der Waals surface area (Å²) in [6.45, 7) is 2.82. The highest BCUT2D eigenvalue weighted by Gasteiger charge is 2.25. The highest BCUT2D eigenvalue weighted by atomic mass is 16.4. The van der Waals surface area contributed by atoms with Crippen LogP contribution >= 0.6 is 0 Å². The third-order valence-electron chi connectivity index (χ3n) is 3.60. The van der Waals surface area contributed by atoms with Gasteiger partial charge >= 0.3 is 12.0 Å². The molecule has 1 aliphatic heterocycles. The minimum absolute atomic E-state index is 0.0634. The van der Waals surface area contributed by atoms with Gasteiger partial charge < -0.3 is 15.3 Å². The van der Waals surface area contributed by atoms with Crippen LogP contribution < -0.4 is 5.32 Å². The van der Waals surface area contributed by atoms with Gasteiger partial charge in [0.05, 0.1) is 17.4 Å². The van der Waals surface area contributed by atoms with Gasteiger partial charge in [0, 0.05) is 18.8 Å². The monoisotopic (exact) mass is 277 g/mol. The lowest BCUT2D eigenvalue weighted by atomic mass is 10.0. The van der Waals surface area contributed by atoms with Gasteiger partial charge in [-0.3, -0.25) is 4.98 Å². The molecule has 6 nitrogen and oxygen atoms in total. The number of carboxylic acids is 1. The Morgan fingerprint density at radius 1 is 1.45 bits per heavy atom. The van der Waals surface area contributed by atoms with Crippen molar-refractivity contribution in [1.29, 1.82) is 0 Å². The Hall–Kier alpha value is -2.11. The van der Waals surface area contributed by atoms with Crippen molar-refractivity contribution in [2.45, 2.75) is 38.6 Å². The first-order valence-electron chi connectivity index (χ1n) is 6.87. The molecule has 1 aromatic heterocycles. The predicted molar refractivity (Wildman–Crippen MR) is 74.9 cm³/mol. The molecule has 0 spiro atoms. The van der Waals surface area contributed by atoms with E-state index in [2.05, 4.69) is 17.2 Å². The van der Waals surface area contributed by atoms with Crippen molar-refractivity contribution in [2.24, 2.45) is 0 Å². The second-order valence-electron chi connectivity index (χ2n) is 4.95. The van der Waals surface area contributed by atoms with Crippen molar-refractivity contribution < 1.29 is 14.7 Å². The first-order chi connectivity index (χ1) is 9.61. The van der Waals surface area contributed by atoms with E-state index in [1.54, 1.807) is 0 Å². The van der Waals surface area contributed by atoms with Crippen LogP contribution in [0.1, 0.15) is 43.0 Å². The molecule has 2 rings (SSSR count). The van der Waals surface area contributed by atoms with E-state index in [0.29, 0.717) is 5.69 Å². The van der Waals surface area contributed by atoms with Gasteiger partial charge in [0.1, 0.15) is 0 Å². The topological polar surface area (TPSA) is 82.5 Å². The molecule has 0 radical (unpaired) electrons. The van der Waals surface area contributed by atoms with Crippen molar-refractivity contribution in [2.75, 3.05) is 11.9 Å². The molecule has 1 aliphatic rings. The van der Waals surface area contributed by atoms with E-state index in [0.717, 1.165) is 32.2 Å². The molecule has 1 aromatic rings. The van der Waals surface area contributed by atoms with E-state index in [4.69, 9.17) is 5.11 Å². The molecule has 1 unspecified atom stereocenters. The Bertz CT molecular complexity index is 504. The Kier molecular flexibility index (Phi) is 4.55. The summed E-state index contributed by atoms with van der Waals surface area (Å²) in [5, 5.41) is 11.6. The first-order valence-corrected chi connectivity index (χ1v) is 6.87. The molecule has 2 heterocycles. The molecular formula is C14H19N3O3. The summed E-state index contributed by atoms with van der Waals surface area (Å²) in [7, 11) is 0. The Labute approximate surface area is 117 Å².